The third kappa shape index (κ3) is 2.11. The summed E-state index contributed by atoms with van der Waals surface area (Å²) in [7, 11) is 0. The Morgan fingerprint density at radius 3 is 2.50 bits per heavy atom. The average molecular weight is 367 g/mol. The van der Waals surface area contributed by atoms with E-state index in [-0.39, 0.29) is 51.1 Å². The molecule has 2 atom stereocenters. The van der Waals surface area contributed by atoms with E-state index in [1.165, 1.54) is 23.2 Å². The van der Waals surface area contributed by atoms with Crippen molar-refractivity contribution in [3.8, 4) is 0 Å². The molecule has 2 aliphatic rings. The van der Waals surface area contributed by atoms with Gasteiger partial charge < -0.3 is 18.5 Å². The Balaban J connectivity index is 0.000000882. The monoisotopic (exact) mass is 367 g/mol. The molecule has 1 aliphatic heterocycles. The van der Waals surface area contributed by atoms with Crippen LogP contribution in [0.25, 0.3) is 5.73 Å². The summed E-state index contributed by atoms with van der Waals surface area (Å²) in [6.45, 7) is 2.65. The molecule has 2 N–H and O–H groups in total. The van der Waals surface area contributed by atoms with Gasteiger partial charge in [-0.3, -0.25) is 0 Å². The van der Waals surface area contributed by atoms with Crippen LogP contribution < -0.4 is 5.32 Å². The number of fused-ring (bicyclic) bond motifs is 3. The van der Waals surface area contributed by atoms with Crippen LogP contribution >= 0.6 is 0 Å². The molecule has 1 aliphatic carbocycles. The molecule has 1 radical (unpaired) electrons. The van der Waals surface area contributed by atoms with Gasteiger partial charge in [0.25, 0.3) is 0 Å². The summed E-state index contributed by atoms with van der Waals surface area (Å²) in [5.41, 5.74) is 13.1. The van der Waals surface area contributed by atoms with Crippen molar-refractivity contribution < 1.29 is 32.7 Å². The molecule has 1 fully saturated rings. The first-order chi connectivity index (χ1) is 9.76. The van der Waals surface area contributed by atoms with Crippen molar-refractivity contribution in [1.29, 1.82) is 0 Å². The van der Waals surface area contributed by atoms with Gasteiger partial charge in [0, 0.05) is 43.8 Å². The van der Waals surface area contributed by atoms with Gasteiger partial charge in [-0.25, -0.2) is 0 Å². The topological polar surface area (TPSA) is 35.8 Å². The van der Waals surface area contributed by atoms with Crippen molar-refractivity contribution in [2.24, 2.45) is 0 Å². The van der Waals surface area contributed by atoms with E-state index in [4.69, 9.17) is 5.73 Å². The Morgan fingerprint density at radius 2 is 1.86 bits per heavy atom. The third-order valence-electron chi connectivity index (χ3n) is 5.28. The molecule has 1 saturated carbocycles. The van der Waals surface area contributed by atoms with Gasteiger partial charge in [-0.1, -0.05) is 55.0 Å². The van der Waals surface area contributed by atoms with Gasteiger partial charge >= 0.3 is 0 Å². The summed E-state index contributed by atoms with van der Waals surface area (Å²) in [6, 6.07) is 17.3. The number of hydrogen-bond acceptors (Lipinski definition) is 1. The fraction of sp³-hybridized carbons (Fsp3) is 0.316. The standard InChI is InChI=1S/C18H19N2.CH3.Y/c1-2-17-12-18(17,14-6-4-3-5-7-14)20-16-9-8-13(11-19)10-15(16)17;;/h3-10,19-20H,2,11-12H2,1H3;1H3;/q2*-1;. The molecule has 2 aromatic carbocycles. The SMILES string of the molecule is CCC12CC1(c1ccccc1)Nc1ccc(C[NH-])cc12.[CH3-].[Y]. The normalized spacial score (nSPS) is 26.8. The fourth-order valence-corrected chi connectivity index (χ4v) is 4.12. The summed E-state index contributed by atoms with van der Waals surface area (Å²) < 4.78 is 0. The second-order valence-electron chi connectivity index (χ2n) is 6.07. The van der Waals surface area contributed by atoms with Gasteiger partial charge in [0.15, 0.2) is 0 Å². The smallest absolute Gasteiger partial charge is 0.0732 e. The minimum Gasteiger partial charge on any atom is -0.674 e. The quantitative estimate of drug-likeness (QED) is 0.757. The number of benzene rings is 2. The van der Waals surface area contributed by atoms with Crippen molar-refractivity contribution in [1.82, 2.24) is 0 Å². The Kier molecular flexibility index (Phi) is 4.87. The van der Waals surface area contributed by atoms with E-state index in [1.807, 2.05) is 0 Å². The molecular weight excluding hydrogens is 345 g/mol. The molecular formula is C19H22N2Y-2. The summed E-state index contributed by atoms with van der Waals surface area (Å²) in [5.74, 6) is 0. The van der Waals surface area contributed by atoms with E-state index < -0.39 is 0 Å². The maximum Gasteiger partial charge on any atom is 0.0732 e. The molecule has 2 aromatic rings. The van der Waals surface area contributed by atoms with E-state index in [2.05, 4.69) is 60.8 Å². The largest absolute Gasteiger partial charge is 0.674 e. The second kappa shape index (κ2) is 6.07. The van der Waals surface area contributed by atoms with Crippen molar-refractivity contribution >= 4 is 5.69 Å². The number of anilines is 1. The molecule has 113 valence electrons. The fourth-order valence-electron chi connectivity index (χ4n) is 4.12. The van der Waals surface area contributed by atoms with Crippen LogP contribution in [0.2, 0.25) is 0 Å². The van der Waals surface area contributed by atoms with Gasteiger partial charge in [-0.2, -0.15) is 0 Å². The Labute approximate surface area is 158 Å². The summed E-state index contributed by atoms with van der Waals surface area (Å²) in [4.78, 5) is 0. The van der Waals surface area contributed by atoms with Crippen LogP contribution in [0, 0.1) is 7.43 Å². The molecule has 0 amide bonds. The summed E-state index contributed by atoms with van der Waals surface area (Å²) in [6.07, 6.45) is 2.32. The van der Waals surface area contributed by atoms with Gasteiger partial charge in [-0.05, 0) is 30.0 Å². The van der Waals surface area contributed by atoms with Crippen molar-refractivity contribution in [2.75, 3.05) is 5.32 Å². The van der Waals surface area contributed by atoms with Crippen molar-refractivity contribution in [2.45, 2.75) is 37.3 Å². The van der Waals surface area contributed by atoms with E-state index in [0.717, 1.165) is 12.0 Å². The number of hydrogen-bond donors (Lipinski definition) is 1. The van der Waals surface area contributed by atoms with Crippen molar-refractivity contribution in [3.63, 3.8) is 0 Å². The molecule has 0 saturated heterocycles. The first-order valence-corrected chi connectivity index (χ1v) is 7.37. The molecule has 22 heavy (non-hydrogen) atoms. The molecule has 2 nitrogen and oxygen atoms in total. The number of rotatable bonds is 3. The van der Waals surface area contributed by atoms with Crippen LogP contribution in [0.4, 0.5) is 5.69 Å². The molecule has 0 bridgehead atoms. The van der Waals surface area contributed by atoms with Crippen LogP contribution in [-0.2, 0) is 50.2 Å². The van der Waals surface area contributed by atoms with Crippen molar-refractivity contribution in [3.05, 3.63) is 78.4 Å². The zero-order valence-electron chi connectivity index (χ0n) is 13.3. The molecule has 1 heterocycles. The molecule has 4 rings (SSSR count). The van der Waals surface area contributed by atoms with Crippen LogP contribution in [0.15, 0.2) is 48.5 Å². The molecule has 2 unspecified atom stereocenters. The Hall–Kier alpha value is -0.696. The zero-order valence-corrected chi connectivity index (χ0v) is 16.2. The predicted molar refractivity (Wildman–Crippen MR) is 89.2 cm³/mol. The maximum absolute atomic E-state index is 7.60. The first-order valence-electron chi connectivity index (χ1n) is 7.37. The first kappa shape index (κ1) is 17.7. The maximum atomic E-state index is 7.60. The Bertz CT molecular complexity index is 670. The van der Waals surface area contributed by atoms with Crippen LogP contribution in [-0.4, -0.2) is 0 Å². The summed E-state index contributed by atoms with van der Waals surface area (Å²) >= 11 is 0. The van der Waals surface area contributed by atoms with Gasteiger partial charge in [0.05, 0.1) is 5.54 Å². The van der Waals surface area contributed by atoms with E-state index in [1.54, 1.807) is 0 Å². The predicted octanol–water partition coefficient (Wildman–Crippen LogP) is 5.06. The second-order valence-corrected chi connectivity index (χ2v) is 6.07. The molecule has 0 spiro atoms. The van der Waals surface area contributed by atoms with Crippen LogP contribution in [0.5, 0.6) is 0 Å². The third-order valence-corrected chi connectivity index (χ3v) is 5.28. The van der Waals surface area contributed by atoms with Gasteiger partial charge in [0.2, 0.25) is 0 Å². The summed E-state index contributed by atoms with van der Waals surface area (Å²) in [5, 5.41) is 3.78. The molecule has 3 heteroatoms. The van der Waals surface area contributed by atoms with Gasteiger partial charge in [-0.15, -0.1) is 6.54 Å². The molecule has 0 aromatic heterocycles. The Morgan fingerprint density at radius 1 is 1.14 bits per heavy atom. The average Bonchev–Trinajstić information content (AvgIpc) is 3.11. The van der Waals surface area contributed by atoms with Gasteiger partial charge in [0.1, 0.15) is 0 Å². The minimum absolute atomic E-state index is 0. The van der Waals surface area contributed by atoms with Crippen LogP contribution in [0.1, 0.15) is 36.5 Å². The van der Waals surface area contributed by atoms with Crippen LogP contribution in [0.3, 0.4) is 0 Å². The number of nitrogens with one attached hydrogen (secondary N) is 2. The zero-order chi connectivity index (χ0) is 13.8. The minimum atomic E-state index is 0. The van der Waals surface area contributed by atoms with E-state index in [9.17, 15) is 0 Å². The van der Waals surface area contributed by atoms with E-state index >= 15 is 0 Å². The van der Waals surface area contributed by atoms with E-state index in [0.29, 0.717) is 6.54 Å².